The molecular weight excluding hydrogens is 342 g/mol. The quantitative estimate of drug-likeness (QED) is 0.756. The second-order valence-electron chi connectivity index (χ2n) is 6.75. The third kappa shape index (κ3) is 4.75. The Labute approximate surface area is 159 Å². The molecule has 142 valence electrons. The van der Waals surface area contributed by atoms with Gasteiger partial charge in [0.25, 0.3) is 0 Å². The van der Waals surface area contributed by atoms with Gasteiger partial charge >= 0.3 is 6.03 Å². The molecular formula is C20H25N5O2. The summed E-state index contributed by atoms with van der Waals surface area (Å²) in [6.07, 6.45) is 6.85. The van der Waals surface area contributed by atoms with E-state index >= 15 is 0 Å². The number of nitrogens with two attached hydrogens (primary N) is 1. The minimum absolute atomic E-state index is 0.198. The Bertz CT molecular complexity index is 803. The zero-order chi connectivity index (χ0) is 19.2. The fraction of sp³-hybridized carbons (Fsp3) is 0.350. The number of nitrogens with zero attached hydrogens (tertiary/aromatic N) is 2. The minimum atomic E-state index is -0.521. The van der Waals surface area contributed by atoms with E-state index in [9.17, 15) is 9.59 Å². The molecule has 4 N–H and O–H groups in total. The predicted octanol–water partition coefficient (Wildman–Crippen LogP) is 3.05. The van der Waals surface area contributed by atoms with Crippen LogP contribution in [0.4, 0.5) is 16.2 Å². The van der Waals surface area contributed by atoms with Crippen LogP contribution in [0, 0.1) is 0 Å². The highest BCUT2D eigenvalue weighted by molar-refractivity contribution is 5.99. The lowest BCUT2D eigenvalue weighted by Crippen LogP contribution is -2.34. The van der Waals surface area contributed by atoms with E-state index in [1.807, 2.05) is 25.1 Å². The number of urea groups is 1. The van der Waals surface area contributed by atoms with Gasteiger partial charge in [0, 0.05) is 31.0 Å². The van der Waals surface area contributed by atoms with Gasteiger partial charge in [-0.25, -0.2) is 4.79 Å². The fourth-order valence-corrected chi connectivity index (χ4v) is 3.27. The van der Waals surface area contributed by atoms with Crippen LogP contribution in [0.25, 0.3) is 0 Å². The van der Waals surface area contributed by atoms with Gasteiger partial charge in [0.05, 0.1) is 17.4 Å². The third-order valence-corrected chi connectivity index (χ3v) is 4.76. The van der Waals surface area contributed by atoms with Crippen LogP contribution in [0.2, 0.25) is 0 Å². The van der Waals surface area contributed by atoms with Gasteiger partial charge in [0.1, 0.15) is 0 Å². The molecule has 0 saturated carbocycles. The molecule has 0 unspecified atom stereocenters. The molecule has 2 heterocycles. The SMILES string of the molecule is C[C@@H](NC(=O)Nc1cc(C(N)=O)ccc1N1CCCCC1)c1cccnc1. The summed E-state index contributed by atoms with van der Waals surface area (Å²) in [7, 11) is 0. The number of nitrogens with one attached hydrogen (secondary N) is 2. The first kappa shape index (κ1) is 18.7. The lowest BCUT2D eigenvalue weighted by molar-refractivity contribution is 0.100. The van der Waals surface area contributed by atoms with E-state index in [2.05, 4.69) is 20.5 Å². The van der Waals surface area contributed by atoms with Crippen molar-refractivity contribution in [3.8, 4) is 0 Å². The Morgan fingerprint density at radius 2 is 1.96 bits per heavy atom. The van der Waals surface area contributed by atoms with Gasteiger partial charge in [-0.05, 0) is 56.0 Å². The van der Waals surface area contributed by atoms with E-state index in [-0.39, 0.29) is 12.1 Å². The molecule has 0 bridgehead atoms. The summed E-state index contributed by atoms with van der Waals surface area (Å²) in [5.41, 5.74) is 8.18. The van der Waals surface area contributed by atoms with E-state index in [1.165, 1.54) is 6.42 Å². The first-order chi connectivity index (χ1) is 13.0. The molecule has 27 heavy (non-hydrogen) atoms. The molecule has 1 saturated heterocycles. The Balaban J connectivity index is 1.77. The number of carbonyl (C=O) groups is 2. The van der Waals surface area contributed by atoms with Crippen LogP contribution in [0.3, 0.4) is 0 Å². The highest BCUT2D eigenvalue weighted by Gasteiger charge is 2.18. The number of pyridine rings is 1. The van der Waals surface area contributed by atoms with Crippen molar-refractivity contribution in [2.45, 2.75) is 32.2 Å². The Hall–Kier alpha value is -3.09. The van der Waals surface area contributed by atoms with Crippen molar-refractivity contribution in [1.29, 1.82) is 0 Å². The zero-order valence-electron chi connectivity index (χ0n) is 15.4. The van der Waals surface area contributed by atoms with Gasteiger partial charge in [-0.3, -0.25) is 9.78 Å². The molecule has 1 aliphatic heterocycles. The predicted molar refractivity (Wildman–Crippen MR) is 106 cm³/mol. The van der Waals surface area contributed by atoms with Crippen LogP contribution in [0.1, 0.15) is 48.1 Å². The zero-order valence-corrected chi connectivity index (χ0v) is 15.4. The molecule has 0 spiro atoms. The van der Waals surface area contributed by atoms with E-state index < -0.39 is 5.91 Å². The molecule has 1 aromatic heterocycles. The first-order valence-corrected chi connectivity index (χ1v) is 9.21. The van der Waals surface area contributed by atoms with Crippen molar-refractivity contribution in [3.63, 3.8) is 0 Å². The summed E-state index contributed by atoms with van der Waals surface area (Å²) in [5, 5.41) is 5.78. The maximum Gasteiger partial charge on any atom is 0.319 e. The number of carbonyl (C=O) groups excluding carboxylic acids is 2. The standard InChI is InChI=1S/C20H25N5O2/c1-14(16-6-5-9-22-13-16)23-20(27)24-17-12-15(19(21)26)7-8-18(17)25-10-3-2-4-11-25/h5-9,12-14H,2-4,10-11H2,1H3,(H2,21,26)(H2,23,24,27)/t14-/m1/s1. The Kier molecular flexibility index (Phi) is 5.90. The maximum atomic E-state index is 12.5. The van der Waals surface area contributed by atoms with Gasteiger partial charge < -0.3 is 21.3 Å². The van der Waals surface area contributed by atoms with E-state index in [0.717, 1.165) is 37.2 Å². The van der Waals surface area contributed by atoms with Gasteiger partial charge in [-0.1, -0.05) is 6.07 Å². The first-order valence-electron chi connectivity index (χ1n) is 9.21. The summed E-state index contributed by atoms with van der Waals surface area (Å²) in [6, 6.07) is 8.39. The lowest BCUT2D eigenvalue weighted by atomic mass is 10.1. The number of amides is 3. The molecule has 3 amide bonds. The van der Waals surface area contributed by atoms with Crippen LogP contribution in [-0.4, -0.2) is 30.0 Å². The average molecular weight is 367 g/mol. The van der Waals surface area contributed by atoms with Crippen molar-refractivity contribution in [3.05, 3.63) is 53.9 Å². The number of primary amides is 1. The molecule has 7 nitrogen and oxygen atoms in total. The topological polar surface area (TPSA) is 100 Å². The molecule has 2 aromatic rings. The number of hydrogen-bond donors (Lipinski definition) is 3. The van der Waals surface area contributed by atoms with E-state index in [1.54, 1.807) is 24.5 Å². The summed E-state index contributed by atoms with van der Waals surface area (Å²) >= 11 is 0. The minimum Gasteiger partial charge on any atom is -0.370 e. The molecule has 7 heteroatoms. The van der Waals surface area contributed by atoms with Crippen molar-refractivity contribution < 1.29 is 9.59 Å². The van der Waals surface area contributed by atoms with Crippen LogP contribution in [0.5, 0.6) is 0 Å². The number of anilines is 2. The second kappa shape index (κ2) is 8.53. The molecule has 1 fully saturated rings. The maximum absolute atomic E-state index is 12.5. The molecule has 1 aliphatic rings. The van der Waals surface area contributed by atoms with Crippen LogP contribution in [-0.2, 0) is 0 Å². The van der Waals surface area contributed by atoms with E-state index in [0.29, 0.717) is 11.3 Å². The summed E-state index contributed by atoms with van der Waals surface area (Å²) in [5.74, 6) is -0.521. The molecule has 3 rings (SSSR count). The highest BCUT2D eigenvalue weighted by Crippen LogP contribution is 2.29. The fourth-order valence-electron chi connectivity index (χ4n) is 3.27. The van der Waals surface area contributed by atoms with Crippen molar-refractivity contribution in [2.24, 2.45) is 5.73 Å². The average Bonchev–Trinajstić information content (AvgIpc) is 2.69. The van der Waals surface area contributed by atoms with E-state index in [4.69, 9.17) is 5.73 Å². The number of hydrogen-bond acceptors (Lipinski definition) is 4. The van der Waals surface area contributed by atoms with Gasteiger partial charge in [0.15, 0.2) is 0 Å². The summed E-state index contributed by atoms with van der Waals surface area (Å²) in [6.45, 7) is 3.75. The smallest absolute Gasteiger partial charge is 0.319 e. The summed E-state index contributed by atoms with van der Waals surface area (Å²) < 4.78 is 0. The molecule has 0 radical (unpaired) electrons. The second-order valence-corrected chi connectivity index (χ2v) is 6.75. The number of piperidine rings is 1. The van der Waals surface area contributed by atoms with Crippen molar-refractivity contribution >= 4 is 23.3 Å². The van der Waals surface area contributed by atoms with Crippen molar-refractivity contribution in [1.82, 2.24) is 10.3 Å². The van der Waals surface area contributed by atoms with Crippen LogP contribution in [0.15, 0.2) is 42.7 Å². The van der Waals surface area contributed by atoms with Gasteiger partial charge in [0.2, 0.25) is 5.91 Å². The molecule has 1 atom stereocenters. The summed E-state index contributed by atoms with van der Waals surface area (Å²) in [4.78, 5) is 30.4. The van der Waals surface area contributed by atoms with Gasteiger partial charge in [-0.15, -0.1) is 0 Å². The van der Waals surface area contributed by atoms with Crippen LogP contribution < -0.4 is 21.3 Å². The van der Waals surface area contributed by atoms with Gasteiger partial charge in [-0.2, -0.15) is 0 Å². The molecule has 1 aromatic carbocycles. The number of rotatable bonds is 5. The highest BCUT2D eigenvalue weighted by atomic mass is 16.2. The van der Waals surface area contributed by atoms with Crippen LogP contribution >= 0.6 is 0 Å². The normalized spacial score (nSPS) is 15.1. The largest absolute Gasteiger partial charge is 0.370 e. The Morgan fingerprint density at radius 1 is 1.19 bits per heavy atom. The third-order valence-electron chi connectivity index (χ3n) is 4.76. The Morgan fingerprint density at radius 3 is 2.63 bits per heavy atom. The van der Waals surface area contributed by atoms with Crippen molar-refractivity contribution in [2.75, 3.05) is 23.3 Å². The number of aromatic nitrogens is 1. The lowest BCUT2D eigenvalue weighted by Gasteiger charge is -2.31. The monoisotopic (exact) mass is 367 g/mol. The number of benzene rings is 1. The molecule has 0 aliphatic carbocycles.